The highest BCUT2D eigenvalue weighted by atomic mass is 16.7. The highest BCUT2D eigenvalue weighted by Crippen LogP contribution is 2.44. The highest BCUT2D eigenvalue weighted by Gasteiger charge is 2.50. The average molecular weight is 492 g/mol. The molecular formula is C23H24O12. The Hall–Kier alpha value is -3.58. The SMILES string of the molecule is CC(=O)O[C@@H]1[C@@H](O[C@H]2C(=O)c3c(O)cc(O)cc3O[C@@H]2c2ccc(O)c(O)c2)O[C@H](C)[C@@H](O)[C@@H]1O. The molecule has 4 rings (SSSR count). The molecule has 0 radical (unpaired) electrons. The van der Waals surface area contributed by atoms with Crippen LogP contribution in [-0.2, 0) is 19.0 Å². The molecule has 2 aromatic carbocycles. The summed E-state index contributed by atoms with van der Waals surface area (Å²) in [6.07, 6.45) is -9.96. The molecule has 0 saturated carbocycles. The summed E-state index contributed by atoms with van der Waals surface area (Å²) in [7, 11) is 0. The lowest BCUT2D eigenvalue weighted by Crippen LogP contribution is -2.60. The van der Waals surface area contributed by atoms with Crippen molar-refractivity contribution in [1.82, 2.24) is 0 Å². The fraction of sp³-hybridized carbons (Fsp3) is 0.391. The maximum absolute atomic E-state index is 13.5. The van der Waals surface area contributed by atoms with Crippen molar-refractivity contribution in [2.24, 2.45) is 0 Å². The van der Waals surface area contributed by atoms with Crippen molar-refractivity contribution < 1.29 is 59.2 Å². The summed E-state index contributed by atoms with van der Waals surface area (Å²) in [5.41, 5.74) is -0.138. The second-order valence-electron chi connectivity index (χ2n) is 8.31. The van der Waals surface area contributed by atoms with Gasteiger partial charge in [-0.25, -0.2) is 0 Å². The number of hydrogen-bond acceptors (Lipinski definition) is 12. The van der Waals surface area contributed by atoms with Crippen LogP contribution in [0.25, 0.3) is 0 Å². The number of esters is 1. The van der Waals surface area contributed by atoms with Crippen molar-refractivity contribution in [2.45, 2.75) is 56.8 Å². The van der Waals surface area contributed by atoms with Gasteiger partial charge < -0.3 is 49.6 Å². The van der Waals surface area contributed by atoms with Gasteiger partial charge in [0.05, 0.1) is 6.10 Å². The summed E-state index contributed by atoms with van der Waals surface area (Å²) < 4.78 is 22.4. The van der Waals surface area contributed by atoms with Gasteiger partial charge >= 0.3 is 5.97 Å². The second kappa shape index (κ2) is 9.23. The number of carbonyl (C=O) groups excluding carboxylic acids is 2. The van der Waals surface area contributed by atoms with Gasteiger partial charge in [-0.05, 0) is 24.6 Å². The Morgan fingerprint density at radius 1 is 0.971 bits per heavy atom. The molecule has 7 atom stereocenters. The van der Waals surface area contributed by atoms with Gasteiger partial charge in [-0.15, -0.1) is 0 Å². The van der Waals surface area contributed by atoms with Gasteiger partial charge in [0, 0.05) is 19.1 Å². The molecule has 2 heterocycles. The maximum atomic E-state index is 13.5. The molecule has 0 unspecified atom stereocenters. The Bertz CT molecular complexity index is 1150. The van der Waals surface area contributed by atoms with Crippen LogP contribution < -0.4 is 4.74 Å². The Labute approximate surface area is 198 Å². The Morgan fingerprint density at radius 3 is 2.34 bits per heavy atom. The third-order valence-corrected chi connectivity index (χ3v) is 5.80. The number of phenols is 4. The van der Waals surface area contributed by atoms with Crippen LogP contribution in [0.4, 0.5) is 0 Å². The van der Waals surface area contributed by atoms with Crippen molar-refractivity contribution in [3.63, 3.8) is 0 Å². The van der Waals surface area contributed by atoms with Gasteiger partial charge in [0.25, 0.3) is 0 Å². The van der Waals surface area contributed by atoms with Crippen LogP contribution in [0, 0.1) is 0 Å². The molecule has 1 fully saturated rings. The fourth-order valence-corrected chi connectivity index (χ4v) is 4.07. The van der Waals surface area contributed by atoms with E-state index in [2.05, 4.69) is 0 Å². The summed E-state index contributed by atoms with van der Waals surface area (Å²) in [5.74, 6) is -3.69. The minimum Gasteiger partial charge on any atom is -0.508 e. The van der Waals surface area contributed by atoms with E-state index in [4.69, 9.17) is 18.9 Å². The van der Waals surface area contributed by atoms with Gasteiger partial charge in [0.15, 0.2) is 36.1 Å². The molecule has 0 amide bonds. The molecule has 0 aliphatic carbocycles. The monoisotopic (exact) mass is 492 g/mol. The molecule has 1 saturated heterocycles. The number of fused-ring (bicyclic) bond motifs is 1. The quantitative estimate of drug-likeness (QED) is 0.258. The van der Waals surface area contributed by atoms with Crippen molar-refractivity contribution in [1.29, 1.82) is 0 Å². The van der Waals surface area contributed by atoms with Gasteiger partial charge in [0.1, 0.15) is 35.0 Å². The standard InChI is InChI=1S/C23H24O12/c1-8-17(29)19(31)22(33-9(2)24)23(32-8)35-21-18(30)16-14(28)6-11(25)7-15(16)34-20(21)10-3-4-12(26)13(27)5-10/h3-8,17,19-23,25-29,31H,1-2H3/t8-,17-,19+,20-,21+,22+,23-/m1/s1. The van der Waals surface area contributed by atoms with Crippen molar-refractivity contribution in [3.8, 4) is 28.7 Å². The molecule has 12 heteroatoms. The first-order valence-corrected chi connectivity index (χ1v) is 10.6. The molecule has 12 nitrogen and oxygen atoms in total. The Morgan fingerprint density at radius 2 is 1.69 bits per heavy atom. The summed E-state index contributed by atoms with van der Waals surface area (Å²) in [6.45, 7) is 2.51. The van der Waals surface area contributed by atoms with Crippen LogP contribution in [0.15, 0.2) is 30.3 Å². The Kier molecular flexibility index (Phi) is 6.47. The smallest absolute Gasteiger partial charge is 0.303 e. The molecule has 35 heavy (non-hydrogen) atoms. The average Bonchev–Trinajstić information content (AvgIpc) is 2.77. The summed E-state index contributed by atoms with van der Waals surface area (Å²) in [5, 5.41) is 60.4. The third-order valence-electron chi connectivity index (χ3n) is 5.80. The fourth-order valence-electron chi connectivity index (χ4n) is 4.07. The van der Waals surface area contributed by atoms with Gasteiger partial charge in [0.2, 0.25) is 5.78 Å². The Balaban J connectivity index is 1.77. The van der Waals surface area contributed by atoms with Crippen LogP contribution in [0.2, 0.25) is 0 Å². The van der Waals surface area contributed by atoms with Gasteiger partial charge in [-0.2, -0.15) is 0 Å². The van der Waals surface area contributed by atoms with Crippen LogP contribution >= 0.6 is 0 Å². The summed E-state index contributed by atoms with van der Waals surface area (Å²) in [6, 6.07) is 5.68. The van der Waals surface area contributed by atoms with Crippen LogP contribution in [0.5, 0.6) is 28.7 Å². The first kappa shape index (κ1) is 24.5. The van der Waals surface area contributed by atoms with E-state index in [-0.39, 0.29) is 22.6 Å². The maximum Gasteiger partial charge on any atom is 0.303 e. The van der Waals surface area contributed by atoms with E-state index in [1.165, 1.54) is 13.0 Å². The second-order valence-corrected chi connectivity index (χ2v) is 8.31. The number of benzene rings is 2. The lowest BCUT2D eigenvalue weighted by molar-refractivity contribution is -0.307. The van der Waals surface area contributed by atoms with E-state index in [1.807, 2.05) is 0 Å². The van der Waals surface area contributed by atoms with Crippen LogP contribution in [0.3, 0.4) is 0 Å². The predicted molar refractivity (Wildman–Crippen MR) is 114 cm³/mol. The number of phenolic OH excluding ortho intramolecular Hbond substituents is 4. The van der Waals surface area contributed by atoms with E-state index >= 15 is 0 Å². The van der Waals surface area contributed by atoms with E-state index < -0.39 is 71.9 Å². The molecular weight excluding hydrogens is 468 g/mol. The van der Waals surface area contributed by atoms with E-state index in [1.54, 1.807) is 0 Å². The number of Topliss-reactive ketones (excluding diaryl/α,β-unsaturated/α-hetero) is 1. The zero-order valence-corrected chi connectivity index (χ0v) is 18.6. The lowest BCUT2D eigenvalue weighted by atomic mass is 9.92. The normalized spacial score (nSPS) is 30.3. The molecule has 2 aliphatic rings. The van der Waals surface area contributed by atoms with Gasteiger partial charge in [-0.1, -0.05) is 6.07 Å². The predicted octanol–water partition coefficient (Wildman–Crippen LogP) is 0.609. The van der Waals surface area contributed by atoms with Crippen molar-refractivity contribution in [2.75, 3.05) is 0 Å². The third kappa shape index (κ3) is 4.56. The van der Waals surface area contributed by atoms with E-state index in [0.717, 1.165) is 31.2 Å². The summed E-state index contributed by atoms with van der Waals surface area (Å²) >= 11 is 0. The number of aromatic hydroxyl groups is 4. The lowest BCUT2D eigenvalue weighted by Gasteiger charge is -2.43. The number of carbonyl (C=O) groups is 2. The number of rotatable bonds is 4. The number of hydrogen-bond donors (Lipinski definition) is 6. The largest absolute Gasteiger partial charge is 0.508 e. The molecule has 2 aliphatic heterocycles. The molecule has 2 aromatic rings. The molecule has 0 spiro atoms. The van der Waals surface area contributed by atoms with Crippen LogP contribution in [-0.4, -0.2) is 79.2 Å². The first-order valence-electron chi connectivity index (χ1n) is 10.6. The van der Waals surface area contributed by atoms with Gasteiger partial charge in [-0.3, -0.25) is 9.59 Å². The van der Waals surface area contributed by atoms with Crippen LogP contribution in [0.1, 0.15) is 35.9 Å². The molecule has 188 valence electrons. The minimum absolute atomic E-state index is 0.167. The zero-order chi connectivity index (χ0) is 25.6. The molecule has 6 N–H and O–H groups in total. The number of ether oxygens (including phenoxy) is 4. The topological polar surface area (TPSA) is 192 Å². The highest BCUT2D eigenvalue weighted by molar-refractivity contribution is 6.05. The van der Waals surface area contributed by atoms with Crippen molar-refractivity contribution >= 4 is 11.8 Å². The minimum atomic E-state index is -1.61. The number of aliphatic hydroxyl groups is 2. The number of ketones is 1. The zero-order valence-electron chi connectivity index (χ0n) is 18.6. The molecule has 0 bridgehead atoms. The van der Waals surface area contributed by atoms with E-state index in [0.29, 0.717) is 0 Å². The van der Waals surface area contributed by atoms with E-state index in [9.17, 15) is 40.2 Å². The van der Waals surface area contributed by atoms with Crippen molar-refractivity contribution in [3.05, 3.63) is 41.5 Å². The number of aliphatic hydroxyl groups excluding tert-OH is 2. The summed E-state index contributed by atoms with van der Waals surface area (Å²) in [4.78, 5) is 25.1. The first-order chi connectivity index (χ1) is 16.5. The molecule has 0 aromatic heterocycles.